The molecule has 2 fully saturated rings. The molecule has 2 aliphatic heterocycles. The van der Waals surface area contributed by atoms with Crippen LogP contribution < -0.4 is 0 Å². The minimum absolute atomic E-state index is 0.165. The molecule has 2 heterocycles. The molecule has 6 unspecified atom stereocenters. The molecule has 8 atom stereocenters. The molecule has 0 spiro atoms. The van der Waals surface area contributed by atoms with E-state index in [0.717, 1.165) is 57.7 Å². The molecule has 0 aromatic rings. The summed E-state index contributed by atoms with van der Waals surface area (Å²) in [6.45, 7) is 3.39. The second-order valence-corrected chi connectivity index (χ2v) is 18.2. The zero-order valence-electron chi connectivity index (χ0n) is 32.6. The van der Waals surface area contributed by atoms with Crippen molar-refractivity contribution in [3.8, 4) is 0 Å². The Kier molecular flexibility index (Phi) is 26.6. The Morgan fingerprint density at radius 2 is 1.24 bits per heavy atom. The number of hydrogen-bond donors (Lipinski definition) is 5. The van der Waals surface area contributed by atoms with Gasteiger partial charge in [-0.15, -0.1) is 0 Å². The average molecular weight is 750 g/mol. The van der Waals surface area contributed by atoms with Gasteiger partial charge in [-0.1, -0.05) is 142 Å². The lowest BCUT2D eigenvalue weighted by Gasteiger charge is -2.40. The zero-order chi connectivity index (χ0) is 37.2. The Hall–Kier alpha value is -0.370. The molecule has 2 saturated heterocycles. The van der Waals surface area contributed by atoms with Crippen LogP contribution in [-0.4, -0.2) is 111 Å². The first-order valence-electron chi connectivity index (χ1n) is 21.0. The van der Waals surface area contributed by atoms with Gasteiger partial charge in [0.05, 0.1) is 19.3 Å². The molecule has 5 N–H and O–H groups in total. The largest absolute Gasteiger partial charge is 0.394 e. The standard InChI is InChI=1S/C40H79NO9S/c1-3-4-5-6-7-8-9-10-11-12-16-19-22-25-35(43)34(32-49-40-39(46)38(45)37(44)36(31-42)50-40)41-51(2,47)30-23-20-17-14-13-15-18-21-24-33-26-28-48-29-27-33/h33-40,42-46H,3-32H2,1-2H3/t34-,35+,36?,37?,38?,39?,40?,51?/m0/s1. The third kappa shape index (κ3) is 21.3. The lowest BCUT2D eigenvalue weighted by Crippen LogP contribution is -2.59. The lowest BCUT2D eigenvalue weighted by atomic mass is 9.93. The number of ether oxygens (including phenoxy) is 3. The predicted molar refractivity (Wildman–Crippen MR) is 206 cm³/mol. The molecule has 0 amide bonds. The van der Waals surface area contributed by atoms with Gasteiger partial charge in [0, 0.05) is 35.0 Å². The first kappa shape index (κ1) is 46.8. The van der Waals surface area contributed by atoms with Gasteiger partial charge in [0.1, 0.15) is 30.5 Å². The molecule has 0 aromatic heterocycles. The van der Waals surface area contributed by atoms with Gasteiger partial charge >= 0.3 is 0 Å². The van der Waals surface area contributed by atoms with Crippen LogP contribution in [0.5, 0.6) is 0 Å². The molecule has 0 bridgehead atoms. The van der Waals surface area contributed by atoms with Crippen LogP contribution in [0.1, 0.15) is 167 Å². The van der Waals surface area contributed by atoms with Crippen LogP contribution in [0.2, 0.25) is 0 Å². The second-order valence-electron chi connectivity index (χ2n) is 15.6. The van der Waals surface area contributed by atoms with Gasteiger partial charge in [0.25, 0.3) is 0 Å². The van der Waals surface area contributed by atoms with E-state index in [0.29, 0.717) is 12.2 Å². The van der Waals surface area contributed by atoms with E-state index in [4.69, 9.17) is 14.2 Å². The molecule has 51 heavy (non-hydrogen) atoms. The van der Waals surface area contributed by atoms with E-state index in [9.17, 15) is 29.7 Å². The molecule has 0 aliphatic carbocycles. The minimum atomic E-state index is -2.61. The van der Waals surface area contributed by atoms with Gasteiger partial charge in [0.2, 0.25) is 0 Å². The summed E-state index contributed by atoms with van der Waals surface area (Å²) in [4.78, 5) is 0. The summed E-state index contributed by atoms with van der Waals surface area (Å²) in [5.74, 6) is 1.30. The molecular formula is C40H79NO9S. The fraction of sp³-hybridized carbons (Fsp3) is 1.00. The van der Waals surface area contributed by atoms with E-state index in [1.807, 2.05) is 0 Å². The fourth-order valence-corrected chi connectivity index (χ4v) is 9.03. The van der Waals surface area contributed by atoms with Crippen molar-refractivity contribution in [3.63, 3.8) is 0 Å². The van der Waals surface area contributed by atoms with Gasteiger partial charge in [-0.25, -0.2) is 4.36 Å². The molecule has 0 saturated carbocycles. The van der Waals surface area contributed by atoms with Crippen LogP contribution in [-0.2, 0) is 23.9 Å². The van der Waals surface area contributed by atoms with Crippen molar-refractivity contribution in [2.45, 2.75) is 210 Å². The molecule has 0 radical (unpaired) electrons. The lowest BCUT2D eigenvalue weighted by molar-refractivity contribution is -0.302. The van der Waals surface area contributed by atoms with E-state index in [1.165, 1.54) is 116 Å². The molecule has 304 valence electrons. The Morgan fingerprint density at radius 3 is 1.78 bits per heavy atom. The Bertz CT molecular complexity index is 941. The highest BCUT2D eigenvalue weighted by Crippen LogP contribution is 2.24. The maximum Gasteiger partial charge on any atom is 0.186 e. The monoisotopic (exact) mass is 750 g/mol. The number of aliphatic hydroxyl groups is 5. The molecule has 2 rings (SSSR count). The summed E-state index contributed by atoms with van der Waals surface area (Å²) >= 11 is 0. The van der Waals surface area contributed by atoms with Crippen molar-refractivity contribution in [1.29, 1.82) is 0 Å². The van der Waals surface area contributed by atoms with Gasteiger partial charge in [-0.3, -0.25) is 4.21 Å². The van der Waals surface area contributed by atoms with Crippen LogP contribution in [0.25, 0.3) is 0 Å². The number of rotatable bonds is 31. The highest BCUT2D eigenvalue weighted by atomic mass is 32.2. The van der Waals surface area contributed by atoms with E-state index in [-0.39, 0.29) is 6.61 Å². The zero-order valence-corrected chi connectivity index (χ0v) is 33.4. The third-order valence-electron chi connectivity index (χ3n) is 10.9. The van der Waals surface area contributed by atoms with Crippen LogP contribution in [0.4, 0.5) is 0 Å². The molecule has 11 heteroatoms. The summed E-state index contributed by atoms with van der Waals surface area (Å²) in [6.07, 6.45) is 23.3. The maximum absolute atomic E-state index is 13.6. The average Bonchev–Trinajstić information content (AvgIpc) is 3.12. The van der Waals surface area contributed by atoms with Crippen molar-refractivity contribution < 1.29 is 44.0 Å². The van der Waals surface area contributed by atoms with Crippen molar-refractivity contribution in [1.82, 2.24) is 0 Å². The highest BCUT2D eigenvalue weighted by molar-refractivity contribution is 7.92. The quantitative estimate of drug-likeness (QED) is 0.0469. The topological polar surface area (TPSA) is 158 Å². The van der Waals surface area contributed by atoms with Crippen molar-refractivity contribution in [3.05, 3.63) is 0 Å². The highest BCUT2D eigenvalue weighted by Gasteiger charge is 2.44. The van der Waals surface area contributed by atoms with Gasteiger partial charge in [0.15, 0.2) is 6.29 Å². The molecular weight excluding hydrogens is 671 g/mol. The molecule has 10 nitrogen and oxygen atoms in total. The molecule has 0 aromatic carbocycles. The van der Waals surface area contributed by atoms with Gasteiger partial charge in [-0.2, -0.15) is 0 Å². The third-order valence-corrected chi connectivity index (χ3v) is 12.7. The summed E-state index contributed by atoms with van der Waals surface area (Å²) in [5, 5.41) is 51.5. The van der Waals surface area contributed by atoms with Crippen LogP contribution >= 0.6 is 0 Å². The fourth-order valence-electron chi connectivity index (χ4n) is 7.41. The van der Waals surface area contributed by atoms with Gasteiger partial charge in [-0.05, 0) is 31.6 Å². The van der Waals surface area contributed by atoms with Gasteiger partial charge < -0.3 is 39.7 Å². The number of unbranched alkanes of at least 4 members (excludes halogenated alkanes) is 19. The summed E-state index contributed by atoms with van der Waals surface area (Å²) < 4.78 is 35.0. The predicted octanol–water partition coefficient (Wildman–Crippen LogP) is 7.05. The van der Waals surface area contributed by atoms with E-state index >= 15 is 0 Å². The van der Waals surface area contributed by atoms with Crippen molar-refractivity contribution in [2.75, 3.05) is 38.4 Å². The normalized spacial score (nSPS) is 25.4. The number of hydrogen-bond acceptors (Lipinski definition) is 10. The van der Waals surface area contributed by atoms with E-state index in [2.05, 4.69) is 11.3 Å². The summed E-state index contributed by atoms with van der Waals surface area (Å²) in [7, 11) is -2.61. The summed E-state index contributed by atoms with van der Waals surface area (Å²) in [6, 6.07) is -0.798. The first-order chi connectivity index (χ1) is 24.7. The van der Waals surface area contributed by atoms with Crippen LogP contribution in [0.3, 0.4) is 0 Å². The Morgan fingerprint density at radius 1 is 0.725 bits per heavy atom. The smallest absolute Gasteiger partial charge is 0.186 e. The second kappa shape index (κ2) is 29.0. The summed E-state index contributed by atoms with van der Waals surface area (Å²) in [5.41, 5.74) is 0. The maximum atomic E-state index is 13.6. The molecule has 2 aliphatic rings. The Labute approximate surface area is 312 Å². The first-order valence-corrected chi connectivity index (χ1v) is 23.1. The van der Waals surface area contributed by atoms with E-state index in [1.54, 1.807) is 6.26 Å². The Balaban J connectivity index is 1.75. The number of nitrogens with zero attached hydrogens (tertiary/aromatic N) is 1. The van der Waals surface area contributed by atoms with Crippen molar-refractivity contribution in [2.24, 2.45) is 10.3 Å². The van der Waals surface area contributed by atoms with E-state index < -0.39 is 59.2 Å². The minimum Gasteiger partial charge on any atom is -0.394 e. The van der Waals surface area contributed by atoms with Crippen LogP contribution in [0.15, 0.2) is 4.36 Å². The van der Waals surface area contributed by atoms with Crippen molar-refractivity contribution >= 4 is 9.73 Å². The number of aliphatic hydroxyl groups excluding tert-OH is 5. The SMILES string of the molecule is CCCCCCCCCCCCCCC[C@@H](O)[C@H](COC1OC(CO)C(O)C(O)C1O)N=S(C)(=O)CCCCCCCCCCC1CCOCC1. The van der Waals surface area contributed by atoms with Crippen LogP contribution in [0, 0.1) is 5.92 Å².